The SMILES string of the molecule is COCCOc1cc2ncnc(Nc3cccc(-c4cn(Cc5ccc(F)cc5F)nn4)c3)c2cc1OCCOC. The number of methoxy groups -OCH3 is 2. The molecule has 5 aromatic rings. The third-order valence-electron chi connectivity index (χ3n) is 6.10. The fourth-order valence-corrected chi connectivity index (χ4v) is 4.08. The number of fused-ring (bicyclic) bond motifs is 1. The van der Waals surface area contributed by atoms with E-state index in [1.165, 1.54) is 23.1 Å². The second-order valence-electron chi connectivity index (χ2n) is 8.96. The lowest BCUT2D eigenvalue weighted by Crippen LogP contribution is -2.09. The number of halogens is 2. The van der Waals surface area contributed by atoms with Gasteiger partial charge in [0.15, 0.2) is 11.5 Å². The van der Waals surface area contributed by atoms with Crippen LogP contribution in [0.5, 0.6) is 11.5 Å². The van der Waals surface area contributed by atoms with Gasteiger partial charge >= 0.3 is 0 Å². The molecule has 0 bridgehead atoms. The highest BCUT2D eigenvalue weighted by Crippen LogP contribution is 2.35. The van der Waals surface area contributed by atoms with Crippen molar-refractivity contribution in [3.8, 4) is 22.8 Å². The van der Waals surface area contributed by atoms with Gasteiger partial charge in [0.05, 0.1) is 31.5 Å². The van der Waals surface area contributed by atoms with E-state index in [0.717, 1.165) is 22.7 Å². The van der Waals surface area contributed by atoms with Crippen molar-refractivity contribution in [2.75, 3.05) is 46.0 Å². The van der Waals surface area contributed by atoms with Crippen LogP contribution in [-0.4, -0.2) is 65.6 Å². The first-order valence-electron chi connectivity index (χ1n) is 12.8. The number of benzene rings is 3. The average molecular weight is 563 g/mol. The number of anilines is 2. The molecule has 0 saturated carbocycles. The molecule has 0 fully saturated rings. The van der Waals surface area contributed by atoms with Crippen molar-refractivity contribution in [1.29, 1.82) is 0 Å². The predicted molar refractivity (Wildman–Crippen MR) is 148 cm³/mol. The first-order chi connectivity index (χ1) is 20.0. The van der Waals surface area contributed by atoms with Crippen LogP contribution in [-0.2, 0) is 16.0 Å². The third-order valence-corrected chi connectivity index (χ3v) is 6.10. The van der Waals surface area contributed by atoms with Crippen LogP contribution >= 0.6 is 0 Å². The van der Waals surface area contributed by atoms with Gasteiger partial charge in [-0.05, 0) is 24.3 Å². The molecule has 0 spiro atoms. The summed E-state index contributed by atoms with van der Waals surface area (Å²) in [4.78, 5) is 8.87. The molecule has 0 saturated heterocycles. The zero-order valence-corrected chi connectivity index (χ0v) is 22.5. The summed E-state index contributed by atoms with van der Waals surface area (Å²) in [6.45, 7) is 1.67. The molecule has 12 heteroatoms. The van der Waals surface area contributed by atoms with Gasteiger partial charge < -0.3 is 24.3 Å². The van der Waals surface area contributed by atoms with Crippen LogP contribution in [0.25, 0.3) is 22.2 Å². The van der Waals surface area contributed by atoms with Gasteiger partial charge in [-0.15, -0.1) is 5.10 Å². The van der Waals surface area contributed by atoms with Crippen molar-refractivity contribution >= 4 is 22.4 Å². The smallest absolute Gasteiger partial charge is 0.163 e. The Hall–Kier alpha value is -4.68. The average Bonchev–Trinajstić information content (AvgIpc) is 3.44. The second kappa shape index (κ2) is 13.1. The van der Waals surface area contributed by atoms with Crippen molar-refractivity contribution in [2.24, 2.45) is 0 Å². The number of hydrogen-bond acceptors (Lipinski definition) is 9. The Morgan fingerprint density at radius 1 is 0.854 bits per heavy atom. The molecule has 41 heavy (non-hydrogen) atoms. The molecule has 3 aromatic carbocycles. The monoisotopic (exact) mass is 562 g/mol. The van der Waals surface area contributed by atoms with E-state index in [-0.39, 0.29) is 6.54 Å². The van der Waals surface area contributed by atoms with Crippen LogP contribution in [0.2, 0.25) is 0 Å². The zero-order valence-electron chi connectivity index (χ0n) is 22.5. The Labute approximate surface area is 234 Å². The minimum absolute atomic E-state index is 0.121. The van der Waals surface area contributed by atoms with E-state index >= 15 is 0 Å². The van der Waals surface area contributed by atoms with Crippen LogP contribution in [0.4, 0.5) is 20.3 Å². The molecular weight excluding hydrogens is 534 g/mol. The highest BCUT2D eigenvalue weighted by Gasteiger charge is 2.14. The van der Waals surface area contributed by atoms with Crippen LogP contribution < -0.4 is 14.8 Å². The van der Waals surface area contributed by atoms with Gasteiger partial charge in [0, 0.05) is 48.6 Å². The van der Waals surface area contributed by atoms with Crippen LogP contribution in [0.3, 0.4) is 0 Å². The molecule has 0 aliphatic rings. The van der Waals surface area contributed by atoms with Crippen molar-refractivity contribution in [1.82, 2.24) is 25.0 Å². The topological polar surface area (TPSA) is 105 Å². The molecule has 0 atom stereocenters. The molecule has 5 rings (SSSR count). The van der Waals surface area contributed by atoms with E-state index in [1.54, 1.807) is 26.5 Å². The van der Waals surface area contributed by atoms with Crippen molar-refractivity contribution in [3.05, 3.63) is 84.3 Å². The molecule has 0 amide bonds. The lowest BCUT2D eigenvalue weighted by atomic mass is 10.1. The highest BCUT2D eigenvalue weighted by molar-refractivity contribution is 5.93. The minimum Gasteiger partial charge on any atom is -0.487 e. The van der Waals surface area contributed by atoms with E-state index in [0.29, 0.717) is 60.5 Å². The Balaban J connectivity index is 1.38. The normalized spacial score (nSPS) is 11.1. The van der Waals surface area contributed by atoms with Gasteiger partial charge in [0.2, 0.25) is 0 Å². The Bertz CT molecular complexity index is 1630. The largest absolute Gasteiger partial charge is 0.487 e. The summed E-state index contributed by atoms with van der Waals surface area (Å²) in [6, 6.07) is 14.7. The maximum absolute atomic E-state index is 14.1. The van der Waals surface area contributed by atoms with Crippen molar-refractivity contribution in [3.63, 3.8) is 0 Å². The number of hydrogen-bond donors (Lipinski definition) is 1. The van der Waals surface area contributed by atoms with Gasteiger partial charge in [-0.25, -0.2) is 23.4 Å². The summed E-state index contributed by atoms with van der Waals surface area (Å²) in [7, 11) is 3.22. The first-order valence-corrected chi connectivity index (χ1v) is 12.8. The molecular formula is C29H28F2N6O4. The van der Waals surface area contributed by atoms with Gasteiger partial charge in [0.1, 0.15) is 42.7 Å². The molecule has 0 aliphatic heterocycles. The molecule has 0 unspecified atom stereocenters. The van der Waals surface area contributed by atoms with E-state index < -0.39 is 11.6 Å². The lowest BCUT2D eigenvalue weighted by molar-refractivity contribution is 0.132. The van der Waals surface area contributed by atoms with E-state index in [2.05, 4.69) is 25.6 Å². The molecule has 2 heterocycles. The number of aromatic nitrogens is 5. The Morgan fingerprint density at radius 2 is 1.63 bits per heavy atom. The molecule has 1 N–H and O–H groups in total. The third kappa shape index (κ3) is 6.91. The summed E-state index contributed by atoms with van der Waals surface area (Å²) in [5, 5.41) is 12.4. The fraction of sp³-hybridized carbons (Fsp3) is 0.241. The zero-order chi connectivity index (χ0) is 28.6. The molecule has 0 radical (unpaired) electrons. The lowest BCUT2D eigenvalue weighted by Gasteiger charge is -2.15. The number of nitrogens with zero attached hydrogens (tertiary/aromatic N) is 5. The van der Waals surface area contributed by atoms with Crippen molar-refractivity contribution in [2.45, 2.75) is 6.54 Å². The van der Waals surface area contributed by atoms with Crippen LogP contribution in [0.1, 0.15) is 5.56 Å². The Kier molecular flexibility index (Phi) is 8.92. The summed E-state index contributed by atoms with van der Waals surface area (Å²) in [6.07, 6.45) is 3.18. The molecule has 0 aliphatic carbocycles. The number of nitrogens with one attached hydrogen (secondary N) is 1. The van der Waals surface area contributed by atoms with Crippen LogP contribution in [0.15, 0.2) is 67.1 Å². The van der Waals surface area contributed by atoms with Gasteiger partial charge in [-0.2, -0.15) is 0 Å². The van der Waals surface area contributed by atoms with Crippen LogP contribution in [0, 0.1) is 11.6 Å². The van der Waals surface area contributed by atoms with E-state index in [9.17, 15) is 8.78 Å². The summed E-state index contributed by atoms with van der Waals surface area (Å²) < 4.78 is 50.8. The van der Waals surface area contributed by atoms with E-state index in [4.69, 9.17) is 18.9 Å². The van der Waals surface area contributed by atoms with Crippen molar-refractivity contribution < 1.29 is 27.7 Å². The first kappa shape index (κ1) is 27.9. The summed E-state index contributed by atoms with van der Waals surface area (Å²) in [5.41, 5.74) is 3.11. The highest BCUT2D eigenvalue weighted by atomic mass is 19.1. The maximum atomic E-state index is 14.1. The maximum Gasteiger partial charge on any atom is 0.163 e. The standard InChI is InChI=1S/C29H28F2N6O4/c1-38-8-10-40-27-14-23-25(15-28(27)41-11-9-39-2)32-18-33-29(23)34-22-5-3-4-19(12-22)26-17-37(36-35-26)16-20-6-7-21(30)13-24(20)31/h3-7,12-15,17-18H,8-11,16H2,1-2H3,(H,32,33,34). The quantitative estimate of drug-likeness (QED) is 0.198. The molecule has 10 nitrogen and oxygen atoms in total. The van der Waals surface area contributed by atoms with Gasteiger partial charge in [-0.3, -0.25) is 0 Å². The number of rotatable bonds is 13. The number of ether oxygens (including phenoxy) is 4. The van der Waals surface area contributed by atoms with Gasteiger partial charge in [-0.1, -0.05) is 23.4 Å². The Morgan fingerprint density at radius 3 is 2.39 bits per heavy atom. The van der Waals surface area contributed by atoms with E-state index in [1.807, 2.05) is 30.3 Å². The van der Waals surface area contributed by atoms with Gasteiger partial charge in [0.25, 0.3) is 0 Å². The summed E-state index contributed by atoms with van der Waals surface area (Å²) >= 11 is 0. The summed E-state index contributed by atoms with van der Waals surface area (Å²) in [5.74, 6) is 0.387. The second-order valence-corrected chi connectivity index (χ2v) is 8.96. The minimum atomic E-state index is -0.633. The molecule has 2 aromatic heterocycles. The fourth-order valence-electron chi connectivity index (χ4n) is 4.08. The predicted octanol–water partition coefficient (Wildman–Crippen LogP) is 5.01. The molecule has 212 valence electrons.